The van der Waals surface area contributed by atoms with Crippen molar-refractivity contribution in [3.63, 3.8) is 0 Å². The quantitative estimate of drug-likeness (QED) is 0.405. The number of nitrogens with one attached hydrogen (secondary N) is 2. The summed E-state index contributed by atoms with van der Waals surface area (Å²) in [6.45, 7) is 13.7. The van der Waals surface area contributed by atoms with Crippen LogP contribution in [0.2, 0.25) is 0 Å². The number of ether oxygens (including phenoxy) is 1. The number of β-amino-alcohol motifs (C(OH)–C–C–N with tert-alkyl or cyclic N) is 1. The lowest BCUT2D eigenvalue weighted by Gasteiger charge is -2.35. The van der Waals surface area contributed by atoms with E-state index in [0.717, 1.165) is 0 Å². The number of phenolic OH excluding ortho intramolecular Hbond substituents is 1. The van der Waals surface area contributed by atoms with E-state index in [9.17, 15) is 24.6 Å². The molecule has 4 N–H and O–H groups in total. The highest BCUT2D eigenvalue weighted by molar-refractivity contribution is 7.13. The van der Waals surface area contributed by atoms with E-state index in [2.05, 4.69) is 15.6 Å². The number of alkyl carbamates (subject to hydrolysis) is 1. The lowest BCUT2D eigenvalue weighted by atomic mass is 9.85. The third-order valence-electron chi connectivity index (χ3n) is 6.60. The van der Waals surface area contributed by atoms with Crippen molar-refractivity contribution in [2.75, 3.05) is 6.54 Å². The van der Waals surface area contributed by atoms with Gasteiger partial charge < -0.3 is 30.5 Å². The van der Waals surface area contributed by atoms with Gasteiger partial charge in [-0.25, -0.2) is 14.2 Å². The van der Waals surface area contributed by atoms with Gasteiger partial charge in [0.05, 0.1) is 28.2 Å². The first-order chi connectivity index (χ1) is 18.4. The van der Waals surface area contributed by atoms with Gasteiger partial charge in [0.25, 0.3) is 0 Å². The summed E-state index contributed by atoms with van der Waals surface area (Å²) in [6, 6.07) is 0.165. The van der Waals surface area contributed by atoms with E-state index in [1.165, 1.54) is 28.4 Å². The first-order valence-corrected chi connectivity index (χ1v) is 14.0. The van der Waals surface area contributed by atoms with Gasteiger partial charge in [-0.2, -0.15) is 0 Å². The number of aliphatic hydroxyl groups is 1. The Kier molecular flexibility index (Phi) is 9.15. The number of aliphatic hydroxyl groups excluding tert-OH is 1. The van der Waals surface area contributed by atoms with Crippen LogP contribution in [0.15, 0.2) is 17.6 Å². The number of nitrogens with zero attached hydrogens (tertiary/aromatic N) is 2. The van der Waals surface area contributed by atoms with Crippen LogP contribution in [0.3, 0.4) is 0 Å². The predicted molar refractivity (Wildman–Crippen MR) is 149 cm³/mol. The standard InChI is InChI=1S/C28H39FN4O6S/c1-14(17-9-10-18(20(29)21(17)35)22-15(2)30-13-40-22)31-24(36)19-11-16(34)12-33(19)25(37)23(27(3,4)5)32-26(38)39-28(6,7)8/h9-10,13-14,16,19,23,34-35H,11-12H2,1-8H3,(H,31,36)(H,32,38)/t14-,16+,19-,23+/m0/s1. The fourth-order valence-corrected chi connectivity index (χ4v) is 5.42. The number of phenols is 1. The van der Waals surface area contributed by atoms with E-state index in [1.807, 2.05) is 0 Å². The Bertz CT molecular complexity index is 1270. The minimum atomic E-state index is -1.04. The highest BCUT2D eigenvalue weighted by atomic mass is 32.1. The number of carbonyl (C=O) groups is 3. The van der Waals surface area contributed by atoms with Crippen LogP contribution in [0.25, 0.3) is 10.4 Å². The van der Waals surface area contributed by atoms with Crippen LogP contribution in [0.4, 0.5) is 9.18 Å². The zero-order valence-electron chi connectivity index (χ0n) is 24.2. The molecule has 1 aliphatic rings. The molecule has 2 heterocycles. The molecule has 3 amide bonds. The number of rotatable bonds is 6. The molecule has 4 atom stereocenters. The van der Waals surface area contributed by atoms with Gasteiger partial charge in [0.1, 0.15) is 17.7 Å². The van der Waals surface area contributed by atoms with Crippen molar-refractivity contribution in [2.24, 2.45) is 5.41 Å². The fourth-order valence-electron chi connectivity index (χ4n) is 4.60. The summed E-state index contributed by atoms with van der Waals surface area (Å²) < 4.78 is 20.4. The van der Waals surface area contributed by atoms with Gasteiger partial charge in [0, 0.05) is 24.1 Å². The average molecular weight is 579 g/mol. The molecule has 0 aliphatic carbocycles. The smallest absolute Gasteiger partial charge is 0.408 e. The van der Waals surface area contributed by atoms with E-state index in [4.69, 9.17) is 4.74 Å². The normalized spacial score (nSPS) is 19.2. The number of aromatic nitrogens is 1. The van der Waals surface area contributed by atoms with E-state index in [0.29, 0.717) is 10.6 Å². The topological polar surface area (TPSA) is 141 Å². The minimum Gasteiger partial charge on any atom is -0.505 e. The number of hydrogen-bond acceptors (Lipinski definition) is 8. The Morgan fingerprint density at radius 3 is 2.38 bits per heavy atom. The summed E-state index contributed by atoms with van der Waals surface area (Å²) >= 11 is 1.25. The van der Waals surface area contributed by atoms with Crippen molar-refractivity contribution in [2.45, 2.75) is 91.6 Å². The first-order valence-electron chi connectivity index (χ1n) is 13.1. The number of thiazole rings is 1. The van der Waals surface area contributed by atoms with E-state index < -0.39 is 64.7 Å². The minimum absolute atomic E-state index is 0.0163. The highest BCUT2D eigenvalue weighted by Crippen LogP contribution is 2.37. The van der Waals surface area contributed by atoms with Crippen molar-refractivity contribution in [1.29, 1.82) is 0 Å². The molecule has 40 heavy (non-hydrogen) atoms. The summed E-state index contributed by atoms with van der Waals surface area (Å²) in [5, 5.41) is 26.4. The zero-order chi connectivity index (χ0) is 30.2. The predicted octanol–water partition coefficient (Wildman–Crippen LogP) is 4.04. The second-order valence-corrected chi connectivity index (χ2v) is 13.1. The Labute approximate surface area is 237 Å². The molecule has 1 aromatic heterocycles. The molecule has 0 bridgehead atoms. The molecule has 1 fully saturated rings. The monoisotopic (exact) mass is 578 g/mol. The van der Waals surface area contributed by atoms with Gasteiger partial charge in [-0.05, 0) is 46.1 Å². The van der Waals surface area contributed by atoms with Gasteiger partial charge in [-0.1, -0.05) is 26.8 Å². The lowest BCUT2D eigenvalue weighted by Crippen LogP contribution is -2.58. The van der Waals surface area contributed by atoms with Crippen molar-refractivity contribution in [3.05, 3.63) is 34.7 Å². The number of aryl methyl sites for hydroxylation is 1. The number of amides is 3. The molecule has 1 aliphatic heterocycles. The van der Waals surface area contributed by atoms with E-state index in [-0.39, 0.29) is 24.1 Å². The van der Waals surface area contributed by atoms with Crippen LogP contribution < -0.4 is 10.6 Å². The summed E-state index contributed by atoms with van der Waals surface area (Å²) in [4.78, 5) is 45.5. The Balaban J connectivity index is 1.80. The van der Waals surface area contributed by atoms with Gasteiger partial charge in [0.15, 0.2) is 11.6 Å². The fraction of sp³-hybridized carbons (Fsp3) is 0.571. The molecule has 0 unspecified atom stereocenters. The molecule has 3 rings (SSSR count). The molecule has 12 heteroatoms. The molecule has 1 aromatic carbocycles. The van der Waals surface area contributed by atoms with Gasteiger partial charge in [-0.3, -0.25) is 9.59 Å². The summed E-state index contributed by atoms with van der Waals surface area (Å²) in [5.41, 5.74) is 1.08. The third-order valence-corrected chi connectivity index (χ3v) is 7.56. The van der Waals surface area contributed by atoms with E-state index >= 15 is 4.39 Å². The molecular formula is C28H39FN4O6S. The Morgan fingerprint density at radius 2 is 1.82 bits per heavy atom. The Morgan fingerprint density at radius 1 is 1.18 bits per heavy atom. The second-order valence-electron chi connectivity index (χ2n) is 12.2. The maximum atomic E-state index is 15.1. The largest absolute Gasteiger partial charge is 0.505 e. The molecule has 10 nitrogen and oxygen atoms in total. The second kappa shape index (κ2) is 11.7. The van der Waals surface area contributed by atoms with Gasteiger partial charge >= 0.3 is 6.09 Å². The molecule has 0 spiro atoms. The van der Waals surface area contributed by atoms with Crippen molar-refractivity contribution in [3.8, 4) is 16.2 Å². The van der Waals surface area contributed by atoms with Crippen molar-refractivity contribution < 1.29 is 33.7 Å². The number of halogens is 1. The van der Waals surface area contributed by atoms with Crippen LogP contribution in [0.1, 0.15) is 72.2 Å². The molecular weight excluding hydrogens is 539 g/mol. The van der Waals surface area contributed by atoms with Crippen LogP contribution in [-0.2, 0) is 14.3 Å². The summed E-state index contributed by atoms with van der Waals surface area (Å²) in [7, 11) is 0. The van der Waals surface area contributed by atoms with Crippen molar-refractivity contribution >= 4 is 29.2 Å². The number of carbonyl (C=O) groups excluding carboxylic acids is 3. The lowest BCUT2D eigenvalue weighted by molar-refractivity contribution is -0.142. The van der Waals surface area contributed by atoms with Crippen LogP contribution in [0, 0.1) is 18.2 Å². The molecule has 1 saturated heterocycles. The average Bonchev–Trinajstić information content (AvgIpc) is 3.42. The third kappa shape index (κ3) is 7.08. The number of benzene rings is 1. The molecule has 2 aromatic rings. The first kappa shape index (κ1) is 31.3. The molecule has 0 saturated carbocycles. The zero-order valence-corrected chi connectivity index (χ0v) is 25.0. The number of hydrogen-bond donors (Lipinski definition) is 4. The van der Waals surface area contributed by atoms with Crippen LogP contribution in [-0.4, -0.2) is 68.3 Å². The summed E-state index contributed by atoms with van der Waals surface area (Å²) in [5.74, 6) is -2.53. The highest BCUT2D eigenvalue weighted by Gasteiger charge is 2.45. The maximum absolute atomic E-state index is 15.1. The number of likely N-dealkylation sites (tertiary alicyclic amines) is 1. The van der Waals surface area contributed by atoms with Crippen molar-refractivity contribution in [1.82, 2.24) is 20.5 Å². The van der Waals surface area contributed by atoms with Gasteiger partial charge in [-0.15, -0.1) is 11.3 Å². The van der Waals surface area contributed by atoms with E-state index in [1.54, 1.807) is 60.9 Å². The van der Waals surface area contributed by atoms with Crippen LogP contribution in [0.5, 0.6) is 5.75 Å². The van der Waals surface area contributed by atoms with Gasteiger partial charge in [0.2, 0.25) is 11.8 Å². The van der Waals surface area contributed by atoms with Crippen LogP contribution >= 0.6 is 11.3 Å². The summed E-state index contributed by atoms with van der Waals surface area (Å²) in [6.07, 6.45) is -1.74. The maximum Gasteiger partial charge on any atom is 0.408 e. The Hall–Kier alpha value is -3.25. The SMILES string of the molecule is Cc1ncsc1-c1ccc([C@H](C)NC(=O)[C@@H]2C[C@@H](O)CN2C(=O)[C@@H](NC(=O)OC(C)(C)C)C(C)(C)C)c(O)c1F. The molecule has 0 radical (unpaired) electrons. The number of aromatic hydroxyl groups is 1. The molecule has 220 valence electrons.